The van der Waals surface area contributed by atoms with Crippen LogP contribution in [0, 0.1) is 5.92 Å². The minimum absolute atomic E-state index is 0. The van der Waals surface area contributed by atoms with Gasteiger partial charge in [0.1, 0.15) is 0 Å². The van der Waals surface area contributed by atoms with E-state index in [9.17, 15) is 9.59 Å². The normalized spacial score (nSPS) is 22.8. The van der Waals surface area contributed by atoms with E-state index in [4.69, 9.17) is 0 Å². The molecule has 2 N–H and O–H groups in total. The summed E-state index contributed by atoms with van der Waals surface area (Å²) in [5.74, 6) is 0.613. The average molecular weight is 332 g/mol. The molecule has 0 radical (unpaired) electrons. The Morgan fingerprint density at radius 2 is 1.82 bits per heavy atom. The lowest BCUT2D eigenvalue weighted by Gasteiger charge is -2.32. The molecule has 1 unspecified atom stereocenters. The van der Waals surface area contributed by atoms with E-state index < -0.39 is 0 Å². The maximum absolute atomic E-state index is 12.1. The highest BCUT2D eigenvalue weighted by atomic mass is 35.5. The third kappa shape index (κ3) is 6.13. The van der Waals surface area contributed by atoms with E-state index in [2.05, 4.69) is 10.6 Å². The number of rotatable bonds is 5. The molecule has 0 aromatic heterocycles. The Hall–Kier alpha value is -0.810. The Kier molecular flexibility index (Phi) is 8.79. The summed E-state index contributed by atoms with van der Waals surface area (Å²) in [5, 5.41) is 6.04. The van der Waals surface area contributed by atoms with Crippen LogP contribution in [0.25, 0.3) is 0 Å². The summed E-state index contributed by atoms with van der Waals surface area (Å²) < 4.78 is 0. The Morgan fingerprint density at radius 1 is 1.09 bits per heavy atom. The van der Waals surface area contributed by atoms with Crippen LogP contribution in [0.15, 0.2) is 0 Å². The van der Waals surface area contributed by atoms with Gasteiger partial charge in [-0.25, -0.2) is 0 Å². The van der Waals surface area contributed by atoms with Gasteiger partial charge in [-0.15, -0.1) is 12.4 Å². The molecule has 6 heteroatoms. The molecule has 22 heavy (non-hydrogen) atoms. The van der Waals surface area contributed by atoms with Gasteiger partial charge in [-0.2, -0.15) is 0 Å². The molecule has 2 amide bonds. The van der Waals surface area contributed by atoms with Crippen LogP contribution in [0.1, 0.15) is 51.4 Å². The molecule has 0 spiro atoms. The summed E-state index contributed by atoms with van der Waals surface area (Å²) in [4.78, 5) is 25.9. The second-order valence-corrected chi connectivity index (χ2v) is 6.45. The molecule has 5 nitrogen and oxygen atoms in total. The number of hydrogen-bond acceptors (Lipinski definition) is 3. The third-order valence-electron chi connectivity index (χ3n) is 4.82. The second kappa shape index (κ2) is 10.1. The van der Waals surface area contributed by atoms with Crippen molar-refractivity contribution in [3.63, 3.8) is 0 Å². The van der Waals surface area contributed by atoms with Crippen LogP contribution in [-0.4, -0.2) is 49.4 Å². The van der Waals surface area contributed by atoms with Gasteiger partial charge in [0.2, 0.25) is 11.8 Å². The highest BCUT2D eigenvalue weighted by molar-refractivity contribution is 5.85. The molecule has 2 aliphatic rings. The monoisotopic (exact) mass is 331 g/mol. The smallest absolute Gasteiger partial charge is 0.242 e. The Morgan fingerprint density at radius 3 is 2.50 bits per heavy atom. The first-order valence-corrected chi connectivity index (χ1v) is 8.40. The molecule has 1 saturated heterocycles. The fourth-order valence-corrected chi connectivity index (χ4v) is 3.45. The molecule has 1 saturated carbocycles. The first kappa shape index (κ1) is 19.2. The molecule has 1 heterocycles. The zero-order valence-corrected chi connectivity index (χ0v) is 14.4. The zero-order chi connectivity index (χ0) is 15.1. The molecule has 0 aromatic rings. The fraction of sp³-hybridized carbons (Fsp3) is 0.875. The molecular formula is C16H30ClN3O2. The van der Waals surface area contributed by atoms with Crippen molar-refractivity contribution >= 4 is 24.2 Å². The maximum Gasteiger partial charge on any atom is 0.242 e. The predicted octanol–water partition coefficient (Wildman–Crippen LogP) is 1.71. The number of nitrogens with one attached hydrogen (secondary N) is 2. The van der Waals surface area contributed by atoms with Gasteiger partial charge in [0.15, 0.2) is 0 Å². The molecule has 1 aliphatic carbocycles. The topological polar surface area (TPSA) is 61.4 Å². The molecule has 1 atom stereocenters. The first-order chi connectivity index (χ1) is 10.2. The summed E-state index contributed by atoms with van der Waals surface area (Å²) in [5.41, 5.74) is 0. The predicted molar refractivity (Wildman–Crippen MR) is 90.1 cm³/mol. The molecule has 0 bridgehead atoms. The van der Waals surface area contributed by atoms with Gasteiger partial charge in [0, 0.05) is 25.6 Å². The first-order valence-electron chi connectivity index (χ1n) is 8.40. The highest BCUT2D eigenvalue weighted by Gasteiger charge is 2.23. The molecule has 128 valence electrons. The van der Waals surface area contributed by atoms with Crippen molar-refractivity contribution in [3.05, 3.63) is 0 Å². The van der Waals surface area contributed by atoms with Crippen molar-refractivity contribution < 1.29 is 9.59 Å². The van der Waals surface area contributed by atoms with E-state index in [0.29, 0.717) is 18.4 Å². The summed E-state index contributed by atoms with van der Waals surface area (Å²) in [6, 6.07) is 0.389. The summed E-state index contributed by atoms with van der Waals surface area (Å²) >= 11 is 0. The second-order valence-electron chi connectivity index (χ2n) is 6.45. The van der Waals surface area contributed by atoms with Crippen LogP contribution in [0.3, 0.4) is 0 Å². The number of hydrogen-bond donors (Lipinski definition) is 2. The van der Waals surface area contributed by atoms with Gasteiger partial charge in [0.05, 0.1) is 6.54 Å². The standard InChI is InChI=1S/C16H29N3O2.ClH/c1-17-14-8-5-9-19(12-14)16(21)11-18-15(20)10-13-6-3-2-4-7-13;/h13-14,17H,2-12H2,1H3,(H,18,20);1H. The number of halogens is 1. The molecule has 2 fully saturated rings. The van der Waals surface area contributed by atoms with E-state index in [0.717, 1.165) is 38.8 Å². The van der Waals surface area contributed by atoms with Gasteiger partial charge in [-0.1, -0.05) is 19.3 Å². The molecule has 0 aromatic carbocycles. The van der Waals surface area contributed by atoms with Crippen molar-refractivity contribution in [2.75, 3.05) is 26.7 Å². The Balaban J connectivity index is 0.00000242. The highest BCUT2D eigenvalue weighted by Crippen LogP contribution is 2.25. The molecular weight excluding hydrogens is 302 g/mol. The number of likely N-dealkylation sites (N-methyl/N-ethyl adjacent to an activating group) is 1. The van der Waals surface area contributed by atoms with Crippen LogP contribution < -0.4 is 10.6 Å². The van der Waals surface area contributed by atoms with Gasteiger partial charge in [-0.05, 0) is 38.6 Å². The van der Waals surface area contributed by atoms with E-state index in [1.807, 2.05) is 11.9 Å². The fourth-order valence-electron chi connectivity index (χ4n) is 3.45. The lowest BCUT2D eigenvalue weighted by Crippen LogP contribution is -2.49. The van der Waals surface area contributed by atoms with Gasteiger partial charge >= 0.3 is 0 Å². The quantitative estimate of drug-likeness (QED) is 0.806. The van der Waals surface area contributed by atoms with Crippen molar-refractivity contribution in [3.8, 4) is 0 Å². The lowest BCUT2D eigenvalue weighted by atomic mass is 9.87. The van der Waals surface area contributed by atoms with Gasteiger partial charge < -0.3 is 15.5 Å². The number of nitrogens with zero attached hydrogens (tertiary/aromatic N) is 1. The summed E-state index contributed by atoms with van der Waals surface area (Å²) in [7, 11) is 1.94. The number of carbonyl (C=O) groups is 2. The summed E-state index contributed by atoms with van der Waals surface area (Å²) in [6.07, 6.45) is 8.87. The van der Waals surface area contributed by atoms with Crippen LogP contribution in [0.4, 0.5) is 0 Å². The van der Waals surface area contributed by atoms with Crippen molar-refractivity contribution in [1.82, 2.24) is 15.5 Å². The Bertz CT molecular complexity index is 359. The minimum Gasteiger partial charge on any atom is -0.347 e. The van der Waals surface area contributed by atoms with Crippen LogP contribution in [0.5, 0.6) is 0 Å². The molecule has 1 aliphatic heterocycles. The largest absolute Gasteiger partial charge is 0.347 e. The Labute approximate surface area is 140 Å². The van der Waals surface area contributed by atoms with E-state index >= 15 is 0 Å². The minimum atomic E-state index is 0. The maximum atomic E-state index is 12.1. The van der Waals surface area contributed by atoms with Crippen LogP contribution >= 0.6 is 12.4 Å². The van der Waals surface area contributed by atoms with Crippen molar-refractivity contribution in [1.29, 1.82) is 0 Å². The molecule has 2 rings (SSSR count). The third-order valence-corrected chi connectivity index (χ3v) is 4.82. The van der Waals surface area contributed by atoms with E-state index in [1.165, 1.54) is 19.3 Å². The number of piperidine rings is 1. The SMILES string of the molecule is CNC1CCCN(C(=O)CNC(=O)CC2CCCCC2)C1.Cl. The number of likely N-dealkylation sites (tertiary alicyclic amines) is 1. The lowest BCUT2D eigenvalue weighted by molar-refractivity contribution is -0.134. The zero-order valence-electron chi connectivity index (χ0n) is 13.6. The van der Waals surface area contributed by atoms with Crippen molar-refractivity contribution in [2.24, 2.45) is 5.92 Å². The van der Waals surface area contributed by atoms with Crippen molar-refractivity contribution in [2.45, 2.75) is 57.4 Å². The van der Waals surface area contributed by atoms with Gasteiger partial charge in [-0.3, -0.25) is 9.59 Å². The van der Waals surface area contributed by atoms with E-state index in [-0.39, 0.29) is 30.8 Å². The van der Waals surface area contributed by atoms with Crippen LogP contribution in [0.2, 0.25) is 0 Å². The van der Waals surface area contributed by atoms with Crippen LogP contribution in [-0.2, 0) is 9.59 Å². The summed E-state index contributed by atoms with van der Waals surface area (Å²) in [6.45, 7) is 1.73. The van der Waals surface area contributed by atoms with Gasteiger partial charge in [0.25, 0.3) is 0 Å². The number of carbonyl (C=O) groups excluding carboxylic acids is 2. The average Bonchev–Trinajstić information content (AvgIpc) is 2.53. The van der Waals surface area contributed by atoms with E-state index in [1.54, 1.807) is 0 Å². The number of amides is 2.